The topological polar surface area (TPSA) is 107 Å². The van der Waals surface area contributed by atoms with E-state index < -0.39 is 5.97 Å². The van der Waals surface area contributed by atoms with Crippen LogP contribution < -0.4 is 9.47 Å². The first-order valence-electron chi connectivity index (χ1n) is 30.3. The van der Waals surface area contributed by atoms with Gasteiger partial charge in [-0.2, -0.15) is 0 Å². The molecule has 0 heterocycles. The first-order chi connectivity index (χ1) is 38.1. The van der Waals surface area contributed by atoms with Crippen LogP contribution in [0, 0.1) is 47.3 Å². The molecule has 0 spiro atoms. The fourth-order valence-corrected chi connectivity index (χ4v) is 12.7. The van der Waals surface area contributed by atoms with E-state index in [1.54, 1.807) is 6.08 Å². The van der Waals surface area contributed by atoms with E-state index >= 15 is 0 Å². The number of rotatable bonds is 28. The number of benzene rings is 3. The Hall–Kier alpha value is -5.43. The smallest absolute Gasteiger partial charge is 0.330 e. The van der Waals surface area contributed by atoms with E-state index in [0.29, 0.717) is 61.9 Å². The molecule has 422 valence electrons. The first-order valence-corrected chi connectivity index (χ1v) is 30.3. The summed E-state index contributed by atoms with van der Waals surface area (Å²) in [7, 11) is 0. The van der Waals surface area contributed by atoms with Crippen molar-refractivity contribution in [2.24, 2.45) is 35.5 Å². The minimum absolute atomic E-state index is 0.0651. The Morgan fingerprint density at radius 3 is 1.42 bits per heavy atom. The summed E-state index contributed by atoms with van der Waals surface area (Å²) in [6.45, 7) is 17.5. The quantitative estimate of drug-likeness (QED) is 0.0134. The van der Waals surface area contributed by atoms with Crippen LogP contribution in [-0.2, 0) is 33.3 Å². The van der Waals surface area contributed by atoms with Gasteiger partial charge in [0.15, 0.2) is 0 Å². The number of allylic oxidation sites excluding steroid dienone is 1. The maximum atomic E-state index is 13.4. The molecule has 4 saturated carbocycles. The lowest BCUT2D eigenvalue weighted by atomic mass is 9.74. The Morgan fingerprint density at radius 1 is 0.526 bits per heavy atom. The summed E-state index contributed by atoms with van der Waals surface area (Å²) in [4.78, 5) is 38.0. The highest BCUT2D eigenvalue weighted by Crippen LogP contribution is 2.41. The van der Waals surface area contributed by atoms with Gasteiger partial charge >= 0.3 is 17.9 Å². The van der Waals surface area contributed by atoms with E-state index in [4.69, 9.17) is 28.4 Å². The number of hydrogen-bond donors (Lipinski definition) is 0. The van der Waals surface area contributed by atoms with Gasteiger partial charge in [-0.15, -0.1) is 0 Å². The second-order valence-electron chi connectivity index (χ2n) is 23.1. The molecule has 0 saturated heterocycles. The van der Waals surface area contributed by atoms with Crippen molar-refractivity contribution < 1.29 is 42.8 Å². The molecule has 4 aliphatic carbocycles. The molecule has 7 rings (SSSR count). The standard InChI is InChI=1S/C69H92O9/c1-6-12-51-14-18-54(19-15-51)48-61(56-28-40-64(41-29-56)77-68(71)59-32-36-62(37-33-59)74-45-10-44-73-50(5)8-3)27-24-53-22-25-57(26-23-53)66(49-55-20-16-52(13-7-2)17-21-55)58-30-42-65(43-31-58)78-69(72)60-34-38-63(39-35-60)75-46-11-47-76-67(70)9-4/h8-9,22-23,25-26,28-31,40-43,51-52,54-55,59-63,66H,3-7,10-21,32-39,44-49H2,1-2H3. The number of esters is 3. The summed E-state index contributed by atoms with van der Waals surface area (Å²) >= 11 is 0. The van der Waals surface area contributed by atoms with Crippen LogP contribution in [0.5, 0.6) is 11.5 Å². The Bertz CT molecular complexity index is 2360. The van der Waals surface area contributed by atoms with Gasteiger partial charge in [0, 0.05) is 36.3 Å². The van der Waals surface area contributed by atoms with Gasteiger partial charge < -0.3 is 28.4 Å². The minimum Gasteiger partial charge on any atom is -0.494 e. The molecule has 78 heavy (non-hydrogen) atoms. The van der Waals surface area contributed by atoms with Crippen molar-refractivity contribution in [2.75, 3.05) is 26.4 Å². The molecule has 0 N–H and O–H groups in total. The maximum absolute atomic E-state index is 13.4. The molecule has 4 aliphatic rings. The van der Waals surface area contributed by atoms with Crippen LogP contribution in [0.2, 0.25) is 0 Å². The zero-order valence-corrected chi connectivity index (χ0v) is 47.5. The minimum atomic E-state index is -0.420. The van der Waals surface area contributed by atoms with Gasteiger partial charge in [0.05, 0.1) is 50.5 Å². The second-order valence-corrected chi connectivity index (χ2v) is 23.1. The van der Waals surface area contributed by atoms with E-state index in [1.807, 2.05) is 24.3 Å². The molecule has 0 bridgehead atoms. The normalized spacial score (nSPS) is 24.0. The number of ether oxygens (including phenoxy) is 6. The fraction of sp³-hybridized carbons (Fsp3) is 0.580. The SMILES string of the molecule is C=CC(=C)OCCCOC1CCC(C(=O)Oc2ccc(C(C#Cc3ccc(C(CC4CCC(CCC)CC4)c4ccc(OC(=O)C5CCC(OCCCOC(=O)C=C)CC5)cc4)cc3)CC3CCC(CCC)CC3)cc2)CC1. The summed E-state index contributed by atoms with van der Waals surface area (Å²) in [6.07, 6.45) is 28.3. The van der Waals surface area contributed by atoms with Crippen molar-refractivity contribution in [3.05, 3.63) is 133 Å². The summed E-state index contributed by atoms with van der Waals surface area (Å²) in [5.41, 5.74) is 4.72. The van der Waals surface area contributed by atoms with Crippen molar-refractivity contribution in [2.45, 2.75) is 192 Å². The third-order valence-electron chi connectivity index (χ3n) is 17.4. The summed E-state index contributed by atoms with van der Waals surface area (Å²) in [6, 6.07) is 25.4. The molecule has 4 fully saturated rings. The second kappa shape index (κ2) is 32.6. The van der Waals surface area contributed by atoms with Crippen LogP contribution in [-0.4, -0.2) is 56.5 Å². The monoisotopic (exact) mass is 1060 g/mol. The van der Waals surface area contributed by atoms with Gasteiger partial charge in [-0.1, -0.05) is 159 Å². The zero-order valence-electron chi connectivity index (χ0n) is 47.5. The molecular formula is C69H92O9. The van der Waals surface area contributed by atoms with Crippen molar-refractivity contribution >= 4 is 17.9 Å². The average molecular weight is 1070 g/mol. The van der Waals surface area contributed by atoms with Crippen LogP contribution in [0.4, 0.5) is 0 Å². The van der Waals surface area contributed by atoms with Gasteiger partial charge in [0.25, 0.3) is 0 Å². The molecule has 0 amide bonds. The largest absolute Gasteiger partial charge is 0.494 e. The molecule has 0 aromatic heterocycles. The molecule has 0 radical (unpaired) electrons. The van der Waals surface area contributed by atoms with Crippen molar-refractivity contribution in [1.29, 1.82) is 0 Å². The summed E-state index contributed by atoms with van der Waals surface area (Å²) in [5.74, 6) is 11.4. The van der Waals surface area contributed by atoms with Crippen LogP contribution >= 0.6 is 0 Å². The predicted octanol–water partition coefficient (Wildman–Crippen LogP) is 16.1. The fourth-order valence-electron chi connectivity index (χ4n) is 12.7. The number of hydrogen-bond acceptors (Lipinski definition) is 9. The van der Waals surface area contributed by atoms with Gasteiger partial charge in [-0.05, 0) is 147 Å². The predicted molar refractivity (Wildman–Crippen MR) is 311 cm³/mol. The van der Waals surface area contributed by atoms with Crippen molar-refractivity contribution in [3.8, 4) is 23.3 Å². The van der Waals surface area contributed by atoms with Crippen molar-refractivity contribution in [1.82, 2.24) is 0 Å². The molecular weight excluding hydrogens is 973 g/mol. The molecule has 2 atom stereocenters. The van der Waals surface area contributed by atoms with Gasteiger partial charge in [0.2, 0.25) is 0 Å². The van der Waals surface area contributed by atoms with Crippen LogP contribution in [0.1, 0.15) is 202 Å². The molecule has 3 aromatic carbocycles. The Kier molecular flexibility index (Phi) is 25.2. The van der Waals surface area contributed by atoms with Gasteiger partial charge in [-0.25, -0.2) is 4.79 Å². The van der Waals surface area contributed by atoms with Gasteiger partial charge in [0.1, 0.15) is 17.3 Å². The van der Waals surface area contributed by atoms with Gasteiger partial charge in [-0.3, -0.25) is 9.59 Å². The lowest BCUT2D eigenvalue weighted by Crippen LogP contribution is -2.29. The van der Waals surface area contributed by atoms with Crippen LogP contribution in [0.25, 0.3) is 0 Å². The lowest BCUT2D eigenvalue weighted by molar-refractivity contribution is -0.142. The molecule has 2 unspecified atom stereocenters. The third-order valence-corrected chi connectivity index (χ3v) is 17.4. The van der Waals surface area contributed by atoms with Crippen LogP contribution in [0.3, 0.4) is 0 Å². The highest BCUT2D eigenvalue weighted by molar-refractivity contribution is 5.81. The maximum Gasteiger partial charge on any atom is 0.330 e. The van der Waals surface area contributed by atoms with E-state index in [-0.39, 0.29) is 47.8 Å². The first kappa shape index (κ1) is 60.2. The van der Waals surface area contributed by atoms with E-state index in [2.05, 4.69) is 94.0 Å². The Labute approximate surface area is 468 Å². The Balaban J connectivity index is 0.974. The average Bonchev–Trinajstić information content (AvgIpc) is 3.48. The molecule has 9 nitrogen and oxygen atoms in total. The highest BCUT2D eigenvalue weighted by Gasteiger charge is 2.31. The molecule has 3 aromatic rings. The summed E-state index contributed by atoms with van der Waals surface area (Å²) < 4.78 is 34.6. The number of carbonyl (C=O) groups excluding carboxylic acids is 3. The van der Waals surface area contributed by atoms with E-state index in [1.165, 1.54) is 99.8 Å². The van der Waals surface area contributed by atoms with E-state index in [0.717, 1.165) is 88.0 Å². The Morgan fingerprint density at radius 2 is 0.962 bits per heavy atom. The van der Waals surface area contributed by atoms with Crippen LogP contribution in [0.15, 0.2) is 110 Å². The molecule has 0 aliphatic heterocycles. The van der Waals surface area contributed by atoms with Crippen molar-refractivity contribution in [3.63, 3.8) is 0 Å². The zero-order chi connectivity index (χ0) is 54.9. The third kappa shape index (κ3) is 19.7. The van der Waals surface area contributed by atoms with E-state index in [9.17, 15) is 14.4 Å². The number of carbonyl (C=O) groups is 3. The molecule has 9 heteroatoms. The summed E-state index contributed by atoms with van der Waals surface area (Å²) in [5, 5.41) is 0. The highest BCUT2D eigenvalue weighted by atomic mass is 16.5. The lowest BCUT2D eigenvalue weighted by Gasteiger charge is -2.31.